The highest BCUT2D eigenvalue weighted by atomic mass is 32.2. The van der Waals surface area contributed by atoms with Crippen molar-refractivity contribution in [2.75, 3.05) is 5.75 Å². The summed E-state index contributed by atoms with van der Waals surface area (Å²) in [6, 6.07) is 3.81. The minimum atomic E-state index is 0.0603. The van der Waals surface area contributed by atoms with Crippen LogP contribution in [0, 0.1) is 0 Å². The van der Waals surface area contributed by atoms with Crippen molar-refractivity contribution in [3.8, 4) is 0 Å². The van der Waals surface area contributed by atoms with Gasteiger partial charge in [-0.25, -0.2) is 9.98 Å². The van der Waals surface area contributed by atoms with E-state index in [1.165, 1.54) is 19.3 Å². The van der Waals surface area contributed by atoms with Crippen LogP contribution in [0.25, 0.3) is 0 Å². The first-order valence-electron chi connectivity index (χ1n) is 5.41. The molecule has 16 heavy (non-hydrogen) atoms. The smallest absolute Gasteiger partial charge is 0.191 e. The Labute approximate surface area is 101 Å². The molecule has 0 radical (unpaired) electrons. The molecule has 0 atom stereocenters. The van der Waals surface area contributed by atoms with Gasteiger partial charge in [-0.1, -0.05) is 19.8 Å². The summed E-state index contributed by atoms with van der Waals surface area (Å²) in [4.78, 5) is 8.18. The molecule has 5 heteroatoms. The van der Waals surface area contributed by atoms with Gasteiger partial charge in [0.1, 0.15) is 0 Å². The Balaban J connectivity index is 2.42. The zero-order valence-electron chi connectivity index (χ0n) is 9.52. The Kier molecular flexibility index (Phi) is 5.71. The van der Waals surface area contributed by atoms with Gasteiger partial charge in [-0.05, 0) is 24.3 Å². The Morgan fingerprint density at radius 1 is 1.38 bits per heavy atom. The fraction of sp³-hybridized carbons (Fsp3) is 0.455. The second-order valence-electron chi connectivity index (χ2n) is 3.45. The van der Waals surface area contributed by atoms with Gasteiger partial charge < -0.3 is 11.5 Å². The molecule has 0 fully saturated rings. The molecule has 0 aliphatic rings. The number of rotatable bonds is 6. The van der Waals surface area contributed by atoms with E-state index in [1.807, 2.05) is 12.1 Å². The number of nitrogens with zero attached hydrogens (tertiary/aromatic N) is 2. The predicted molar refractivity (Wildman–Crippen MR) is 70.0 cm³/mol. The molecule has 0 amide bonds. The zero-order valence-corrected chi connectivity index (χ0v) is 10.3. The van der Waals surface area contributed by atoms with E-state index in [0.717, 1.165) is 10.8 Å². The number of aliphatic imine (C=N–C) groups is 1. The van der Waals surface area contributed by atoms with Gasteiger partial charge in [0.05, 0.1) is 16.9 Å². The average molecular weight is 238 g/mol. The molecule has 0 saturated carbocycles. The summed E-state index contributed by atoms with van der Waals surface area (Å²) in [6.45, 7) is 2.20. The molecule has 1 aromatic heterocycles. The topological polar surface area (TPSA) is 77.3 Å². The molecule has 1 aromatic rings. The number of guanidine groups is 1. The molecule has 0 bridgehead atoms. The molecule has 4 nitrogen and oxygen atoms in total. The molecule has 1 heterocycles. The molecule has 4 N–H and O–H groups in total. The Hall–Kier alpha value is -1.23. The molecule has 1 rings (SSSR count). The highest BCUT2D eigenvalue weighted by Crippen LogP contribution is 2.19. The first-order chi connectivity index (χ1) is 7.72. The Morgan fingerprint density at radius 3 is 2.75 bits per heavy atom. The Morgan fingerprint density at radius 2 is 2.19 bits per heavy atom. The molecule has 0 aliphatic carbocycles. The number of pyridine rings is 1. The number of thioether (sulfide) groups is 1. The van der Waals surface area contributed by atoms with Crippen molar-refractivity contribution in [1.29, 1.82) is 0 Å². The molecular formula is C11H18N4S. The van der Waals surface area contributed by atoms with E-state index < -0.39 is 0 Å². The SMILES string of the molecule is CCCCCSc1ccc(N=C(N)N)cn1. The first kappa shape index (κ1) is 12.8. The highest BCUT2D eigenvalue weighted by molar-refractivity contribution is 7.99. The molecule has 0 unspecified atom stereocenters. The first-order valence-corrected chi connectivity index (χ1v) is 6.39. The number of nitrogens with two attached hydrogens (primary N) is 2. The second kappa shape index (κ2) is 7.11. The van der Waals surface area contributed by atoms with E-state index in [9.17, 15) is 0 Å². The van der Waals surface area contributed by atoms with Crippen molar-refractivity contribution in [3.63, 3.8) is 0 Å². The lowest BCUT2D eigenvalue weighted by Crippen LogP contribution is -2.21. The van der Waals surface area contributed by atoms with Gasteiger partial charge in [-0.2, -0.15) is 0 Å². The fourth-order valence-electron chi connectivity index (χ4n) is 1.20. The predicted octanol–water partition coefficient (Wildman–Crippen LogP) is 2.27. The molecule has 0 saturated heterocycles. The van der Waals surface area contributed by atoms with Gasteiger partial charge >= 0.3 is 0 Å². The van der Waals surface area contributed by atoms with Crippen LogP contribution in [0.3, 0.4) is 0 Å². The summed E-state index contributed by atoms with van der Waals surface area (Å²) in [5.74, 6) is 1.17. The highest BCUT2D eigenvalue weighted by Gasteiger charge is 1.96. The quantitative estimate of drug-likeness (QED) is 0.345. The van der Waals surface area contributed by atoms with E-state index >= 15 is 0 Å². The van der Waals surface area contributed by atoms with Crippen LogP contribution >= 0.6 is 11.8 Å². The molecule has 0 aliphatic heterocycles. The van der Waals surface area contributed by atoms with Crippen LogP contribution in [0.2, 0.25) is 0 Å². The second-order valence-corrected chi connectivity index (χ2v) is 4.56. The van der Waals surface area contributed by atoms with Gasteiger partial charge in [0.25, 0.3) is 0 Å². The summed E-state index contributed by atoms with van der Waals surface area (Å²) in [5.41, 5.74) is 11.2. The number of hydrogen-bond acceptors (Lipinski definition) is 3. The van der Waals surface area contributed by atoms with Crippen LogP contribution < -0.4 is 11.5 Å². The monoisotopic (exact) mass is 238 g/mol. The van der Waals surface area contributed by atoms with Crippen LogP contribution in [0.4, 0.5) is 5.69 Å². The van der Waals surface area contributed by atoms with Crippen molar-refractivity contribution in [1.82, 2.24) is 4.98 Å². The van der Waals surface area contributed by atoms with Crippen molar-refractivity contribution in [2.45, 2.75) is 31.2 Å². The van der Waals surface area contributed by atoms with Gasteiger partial charge in [-0.3, -0.25) is 0 Å². The lowest BCUT2D eigenvalue weighted by atomic mass is 10.3. The van der Waals surface area contributed by atoms with Gasteiger partial charge in [0, 0.05) is 0 Å². The van der Waals surface area contributed by atoms with Crippen LogP contribution in [-0.2, 0) is 0 Å². The summed E-state index contributed by atoms with van der Waals surface area (Å²) in [7, 11) is 0. The van der Waals surface area contributed by atoms with Crippen LogP contribution in [0.5, 0.6) is 0 Å². The number of unbranched alkanes of at least 4 members (excludes halogenated alkanes) is 2. The van der Waals surface area contributed by atoms with Gasteiger partial charge in [0.2, 0.25) is 0 Å². The lowest BCUT2D eigenvalue weighted by molar-refractivity contribution is 0.778. The van der Waals surface area contributed by atoms with Crippen LogP contribution in [-0.4, -0.2) is 16.7 Å². The minimum absolute atomic E-state index is 0.0603. The van der Waals surface area contributed by atoms with Crippen LogP contribution in [0.15, 0.2) is 28.3 Å². The summed E-state index contributed by atoms with van der Waals surface area (Å²) >= 11 is 1.77. The maximum atomic E-state index is 5.27. The standard InChI is InChI=1S/C11H18N4S/c1-2-3-4-7-16-10-6-5-9(8-14-10)15-11(12)13/h5-6,8H,2-4,7H2,1H3,(H4,12,13,15). The molecule has 0 aromatic carbocycles. The van der Waals surface area contributed by atoms with E-state index in [1.54, 1.807) is 18.0 Å². The maximum absolute atomic E-state index is 5.27. The normalized spacial score (nSPS) is 10.1. The third-order valence-corrected chi connectivity index (χ3v) is 3.01. The van der Waals surface area contributed by atoms with Crippen LogP contribution in [0.1, 0.15) is 26.2 Å². The number of hydrogen-bond donors (Lipinski definition) is 2. The summed E-state index contributed by atoms with van der Waals surface area (Å²) < 4.78 is 0. The average Bonchev–Trinajstić information content (AvgIpc) is 2.26. The zero-order chi connectivity index (χ0) is 11.8. The Bertz CT molecular complexity index is 330. The van der Waals surface area contributed by atoms with Gasteiger partial charge in [-0.15, -0.1) is 11.8 Å². The summed E-state index contributed by atoms with van der Waals surface area (Å²) in [5, 5.41) is 1.02. The third-order valence-electron chi connectivity index (χ3n) is 1.98. The maximum Gasteiger partial charge on any atom is 0.191 e. The fourth-order valence-corrected chi connectivity index (χ4v) is 2.05. The molecular weight excluding hydrogens is 220 g/mol. The molecule has 88 valence electrons. The third kappa shape index (κ3) is 5.02. The van der Waals surface area contributed by atoms with Crippen molar-refractivity contribution in [2.24, 2.45) is 16.5 Å². The van der Waals surface area contributed by atoms with E-state index in [-0.39, 0.29) is 5.96 Å². The summed E-state index contributed by atoms with van der Waals surface area (Å²) in [6.07, 6.45) is 5.44. The van der Waals surface area contributed by atoms with Crippen molar-refractivity contribution in [3.05, 3.63) is 18.3 Å². The van der Waals surface area contributed by atoms with E-state index in [2.05, 4.69) is 16.9 Å². The van der Waals surface area contributed by atoms with Gasteiger partial charge in [0.15, 0.2) is 5.96 Å². The molecule has 0 spiro atoms. The van der Waals surface area contributed by atoms with E-state index in [4.69, 9.17) is 11.5 Å². The lowest BCUT2D eigenvalue weighted by Gasteiger charge is -2.00. The van der Waals surface area contributed by atoms with Crippen molar-refractivity contribution < 1.29 is 0 Å². The number of aromatic nitrogens is 1. The van der Waals surface area contributed by atoms with Crippen molar-refractivity contribution >= 4 is 23.4 Å². The van der Waals surface area contributed by atoms with E-state index in [0.29, 0.717) is 5.69 Å². The minimum Gasteiger partial charge on any atom is -0.370 e. The largest absolute Gasteiger partial charge is 0.370 e.